The van der Waals surface area contributed by atoms with Crippen molar-refractivity contribution in [1.82, 2.24) is 15.1 Å². The van der Waals surface area contributed by atoms with Crippen molar-refractivity contribution in [3.63, 3.8) is 0 Å². The number of rotatable bonds is 10. The molecule has 2 aromatic carbocycles. The Kier molecular flexibility index (Phi) is 8.95. The van der Waals surface area contributed by atoms with Crippen LogP contribution in [0.1, 0.15) is 36.2 Å². The maximum atomic E-state index is 13.9. The van der Waals surface area contributed by atoms with Crippen LogP contribution in [0.15, 0.2) is 70.6 Å². The average Bonchev–Trinajstić information content (AvgIpc) is 3.24. The minimum absolute atomic E-state index is 0.0639. The molecule has 2 heterocycles. The van der Waals surface area contributed by atoms with Gasteiger partial charge in [-0.25, -0.2) is 0 Å². The molecule has 1 unspecified atom stereocenters. The molecule has 4 rings (SSSR count). The Labute approximate surface area is 237 Å². The van der Waals surface area contributed by atoms with Gasteiger partial charge < -0.3 is 29.7 Å². The maximum absolute atomic E-state index is 13.9. The molecule has 202 valence electrons. The molecule has 2 aliphatic rings. The number of nitrogens with zero attached hydrogens (tertiary/aromatic N) is 2. The van der Waals surface area contributed by atoms with E-state index in [0.717, 1.165) is 27.9 Å². The van der Waals surface area contributed by atoms with Crippen LogP contribution in [0.4, 0.5) is 0 Å². The number of aromatic hydroxyl groups is 1. The Balaban J connectivity index is 1.71. The molecule has 0 fully saturated rings. The summed E-state index contributed by atoms with van der Waals surface area (Å²) >= 11 is 10.2. The Morgan fingerprint density at radius 3 is 2.71 bits per heavy atom. The lowest BCUT2D eigenvalue weighted by molar-refractivity contribution is 0.0760. The van der Waals surface area contributed by atoms with Gasteiger partial charge in [-0.05, 0) is 54.8 Å². The van der Waals surface area contributed by atoms with Crippen LogP contribution < -0.4 is 14.8 Å². The lowest BCUT2D eigenvalue weighted by atomic mass is 10.1. The Hall–Kier alpha value is -3.10. The molecule has 1 atom stereocenters. The van der Waals surface area contributed by atoms with Gasteiger partial charge in [0.05, 0.1) is 37.0 Å². The average molecular weight is 603 g/mol. The number of benzene rings is 2. The number of carbonyl (C=O) groups is 1. The molecule has 7 nitrogen and oxygen atoms in total. The largest absolute Gasteiger partial charge is 0.508 e. The number of hydrogen-bond acceptors (Lipinski definition) is 6. The minimum atomic E-state index is -0.188. The predicted molar refractivity (Wildman–Crippen MR) is 153 cm³/mol. The number of phenolic OH excluding ortho intramolecular Hbond substituents is 1. The second-order valence-corrected chi connectivity index (χ2v) is 11.0. The number of allylic oxidation sites excluding steroid dienone is 3. The van der Waals surface area contributed by atoms with Crippen LogP contribution in [0.2, 0.25) is 5.02 Å². The van der Waals surface area contributed by atoms with Crippen LogP contribution in [0, 0.1) is 5.92 Å². The standard InChI is InChI=1S/C29H33BrClN3O4/c1-18(2)12-14-33(29(36)21-9-11-25(37-3)28(38-4)27(21)31)17-22-23(34-13-6-5-7-26(34)32-22)16-19-15-20(30)8-10-24(19)35/h5-11,13,15,18,26,32,35H,12,14,16-17H2,1-4H3. The second kappa shape index (κ2) is 12.2. The number of halogens is 2. The molecule has 0 saturated carbocycles. The van der Waals surface area contributed by atoms with E-state index in [-0.39, 0.29) is 22.8 Å². The Morgan fingerprint density at radius 2 is 2.00 bits per heavy atom. The number of methoxy groups -OCH3 is 2. The van der Waals surface area contributed by atoms with Gasteiger partial charge in [0.25, 0.3) is 5.91 Å². The number of nitrogens with one attached hydrogen (secondary N) is 1. The molecule has 9 heteroatoms. The minimum Gasteiger partial charge on any atom is -0.508 e. The lowest BCUT2D eigenvalue weighted by Gasteiger charge is -2.26. The van der Waals surface area contributed by atoms with E-state index in [1.165, 1.54) is 14.2 Å². The summed E-state index contributed by atoms with van der Waals surface area (Å²) < 4.78 is 11.7. The summed E-state index contributed by atoms with van der Waals surface area (Å²) in [5.41, 5.74) is 3.06. The van der Waals surface area contributed by atoms with E-state index >= 15 is 0 Å². The van der Waals surface area contributed by atoms with Gasteiger partial charge in [-0.3, -0.25) is 4.79 Å². The predicted octanol–water partition coefficient (Wildman–Crippen LogP) is 6.08. The van der Waals surface area contributed by atoms with Crippen LogP contribution in [0.3, 0.4) is 0 Å². The van der Waals surface area contributed by atoms with Gasteiger partial charge in [-0.15, -0.1) is 0 Å². The first-order valence-electron chi connectivity index (χ1n) is 12.5. The summed E-state index contributed by atoms with van der Waals surface area (Å²) in [4.78, 5) is 17.9. The van der Waals surface area contributed by atoms with Crippen molar-refractivity contribution < 1.29 is 19.4 Å². The summed E-state index contributed by atoms with van der Waals surface area (Å²) in [6.45, 7) is 5.18. The SMILES string of the molecule is COc1ccc(C(=O)N(CCC(C)C)CC2=C(Cc3cc(Br)ccc3O)N3C=CC=CC3N2)c(Cl)c1OC. The zero-order chi connectivity index (χ0) is 27.4. The summed E-state index contributed by atoms with van der Waals surface area (Å²) in [5.74, 6) is 1.25. The van der Waals surface area contributed by atoms with Gasteiger partial charge in [0.15, 0.2) is 11.5 Å². The molecule has 0 radical (unpaired) electrons. The van der Waals surface area contributed by atoms with Crippen LogP contribution in [-0.4, -0.2) is 54.3 Å². The molecule has 2 aliphatic heterocycles. The van der Waals surface area contributed by atoms with Crippen molar-refractivity contribution in [2.45, 2.75) is 32.9 Å². The normalized spacial score (nSPS) is 16.1. The highest BCUT2D eigenvalue weighted by atomic mass is 79.9. The maximum Gasteiger partial charge on any atom is 0.255 e. The Morgan fingerprint density at radius 1 is 1.21 bits per heavy atom. The smallest absolute Gasteiger partial charge is 0.255 e. The van der Waals surface area contributed by atoms with Crippen molar-refractivity contribution in [2.24, 2.45) is 5.92 Å². The summed E-state index contributed by atoms with van der Waals surface area (Å²) in [7, 11) is 3.04. The first kappa shape index (κ1) is 27.9. The van der Waals surface area contributed by atoms with E-state index in [2.05, 4.69) is 46.1 Å². The fourth-order valence-corrected chi connectivity index (χ4v) is 5.31. The van der Waals surface area contributed by atoms with E-state index in [4.69, 9.17) is 21.1 Å². The molecular formula is C29H33BrClN3O4. The van der Waals surface area contributed by atoms with Crippen molar-refractivity contribution >= 4 is 33.4 Å². The van der Waals surface area contributed by atoms with Crippen molar-refractivity contribution in [2.75, 3.05) is 27.3 Å². The topological polar surface area (TPSA) is 74.3 Å². The van der Waals surface area contributed by atoms with Gasteiger partial charge in [-0.1, -0.05) is 47.5 Å². The van der Waals surface area contributed by atoms with Crippen LogP contribution in [0.25, 0.3) is 0 Å². The molecule has 38 heavy (non-hydrogen) atoms. The third-order valence-corrected chi connectivity index (χ3v) is 7.53. The van der Waals surface area contributed by atoms with Gasteiger partial charge in [0.1, 0.15) is 11.9 Å². The number of amides is 1. The highest BCUT2D eigenvalue weighted by Crippen LogP contribution is 2.38. The Bertz CT molecular complexity index is 1290. The van der Waals surface area contributed by atoms with Crippen LogP contribution in [0.5, 0.6) is 17.2 Å². The first-order chi connectivity index (χ1) is 18.2. The zero-order valence-corrected chi connectivity index (χ0v) is 24.3. The van der Waals surface area contributed by atoms with E-state index in [0.29, 0.717) is 42.5 Å². The van der Waals surface area contributed by atoms with E-state index in [1.54, 1.807) is 18.2 Å². The van der Waals surface area contributed by atoms with Crippen molar-refractivity contribution in [3.8, 4) is 17.2 Å². The third kappa shape index (κ3) is 5.97. The molecule has 0 aliphatic carbocycles. The molecule has 0 spiro atoms. The number of carbonyl (C=O) groups excluding carboxylic acids is 1. The first-order valence-corrected chi connectivity index (χ1v) is 13.7. The van der Waals surface area contributed by atoms with E-state index in [9.17, 15) is 9.90 Å². The number of phenols is 1. The van der Waals surface area contributed by atoms with Gasteiger partial charge >= 0.3 is 0 Å². The molecular weight excluding hydrogens is 570 g/mol. The van der Waals surface area contributed by atoms with Crippen molar-refractivity contribution in [3.05, 3.63) is 86.8 Å². The molecule has 2 aromatic rings. The molecule has 1 amide bonds. The summed E-state index contributed by atoms with van der Waals surface area (Å²) in [5, 5.41) is 14.4. The number of ether oxygens (including phenoxy) is 2. The van der Waals surface area contributed by atoms with Crippen LogP contribution >= 0.6 is 27.5 Å². The highest BCUT2D eigenvalue weighted by molar-refractivity contribution is 9.10. The van der Waals surface area contributed by atoms with Crippen molar-refractivity contribution in [1.29, 1.82) is 0 Å². The summed E-state index contributed by atoms with van der Waals surface area (Å²) in [6.07, 6.45) is 9.32. The summed E-state index contributed by atoms with van der Waals surface area (Å²) in [6, 6.07) is 8.79. The molecule has 0 bridgehead atoms. The number of hydrogen-bond donors (Lipinski definition) is 2. The fourth-order valence-electron chi connectivity index (χ4n) is 4.58. The zero-order valence-electron chi connectivity index (χ0n) is 22.0. The third-order valence-electron chi connectivity index (χ3n) is 6.66. The van der Waals surface area contributed by atoms with Gasteiger partial charge in [-0.2, -0.15) is 0 Å². The van der Waals surface area contributed by atoms with Gasteiger partial charge in [0.2, 0.25) is 0 Å². The van der Waals surface area contributed by atoms with Gasteiger partial charge in [0, 0.05) is 34.9 Å². The second-order valence-electron chi connectivity index (χ2n) is 9.67. The molecule has 0 aromatic heterocycles. The van der Waals surface area contributed by atoms with E-state index < -0.39 is 0 Å². The monoisotopic (exact) mass is 601 g/mol. The highest BCUT2D eigenvalue weighted by Gasteiger charge is 2.32. The molecule has 0 saturated heterocycles. The molecule has 2 N–H and O–H groups in total. The van der Waals surface area contributed by atoms with Crippen LogP contribution in [-0.2, 0) is 6.42 Å². The number of fused-ring (bicyclic) bond motifs is 1. The fraction of sp³-hybridized carbons (Fsp3) is 0.345. The van der Waals surface area contributed by atoms with E-state index in [1.807, 2.05) is 35.4 Å². The quantitative estimate of drug-likeness (QED) is 0.343. The lowest BCUT2D eigenvalue weighted by Crippen LogP contribution is -2.38.